The zero-order chi connectivity index (χ0) is 15.6. The molecule has 112 valence electrons. The molecule has 2 rings (SSSR count). The Bertz CT molecular complexity index is 787. The molecule has 1 aromatic heterocycles. The summed E-state index contributed by atoms with van der Waals surface area (Å²) in [6, 6.07) is 6.19. The van der Waals surface area contributed by atoms with Crippen LogP contribution in [0.25, 0.3) is 0 Å². The van der Waals surface area contributed by atoms with Crippen LogP contribution >= 0.6 is 27.3 Å². The number of thiophene rings is 1. The molecule has 5 N–H and O–H groups in total. The average molecular weight is 390 g/mol. The Morgan fingerprint density at radius 1 is 1.33 bits per heavy atom. The summed E-state index contributed by atoms with van der Waals surface area (Å²) in [5.41, 5.74) is 6.38. The third kappa shape index (κ3) is 4.03. The van der Waals surface area contributed by atoms with Gasteiger partial charge in [-0.15, -0.1) is 11.3 Å². The molecular formula is C12H12BrN3O3S2. The van der Waals surface area contributed by atoms with Gasteiger partial charge in [0.1, 0.15) is 0 Å². The summed E-state index contributed by atoms with van der Waals surface area (Å²) < 4.78 is 23.1. The number of rotatable bonds is 5. The lowest BCUT2D eigenvalue weighted by atomic mass is 10.3. The first kappa shape index (κ1) is 16.0. The van der Waals surface area contributed by atoms with Gasteiger partial charge in [-0.2, -0.15) is 0 Å². The normalized spacial score (nSPS) is 11.3. The number of nitrogens with two attached hydrogens (primary N) is 2. The number of amides is 1. The second-order valence-corrected chi connectivity index (χ2v) is 7.62. The highest BCUT2D eigenvalue weighted by Crippen LogP contribution is 2.26. The van der Waals surface area contributed by atoms with Crippen LogP contribution in [0.1, 0.15) is 15.2 Å². The monoisotopic (exact) mass is 389 g/mol. The van der Waals surface area contributed by atoms with Crippen LogP contribution < -0.4 is 16.2 Å². The van der Waals surface area contributed by atoms with Gasteiger partial charge < -0.3 is 11.1 Å². The van der Waals surface area contributed by atoms with E-state index in [0.29, 0.717) is 16.6 Å². The van der Waals surface area contributed by atoms with Crippen molar-refractivity contribution >= 4 is 48.9 Å². The maximum absolute atomic E-state index is 11.2. The maximum Gasteiger partial charge on any atom is 0.249 e. The standard InChI is InChI=1S/C12H12BrN3O3S2/c13-10-4-9(21(15,18)19)1-2-11(10)16-5-8-3-7(6-20-8)12(14)17/h1-4,6,16H,5H2,(H2,14,17)(H2,15,18,19). The number of carbonyl (C=O) groups excluding carboxylic acids is 1. The molecule has 1 amide bonds. The Balaban J connectivity index is 2.11. The largest absolute Gasteiger partial charge is 0.379 e. The first-order valence-electron chi connectivity index (χ1n) is 5.71. The zero-order valence-electron chi connectivity index (χ0n) is 10.7. The van der Waals surface area contributed by atoms with Crippen LogP contribution in [0, 0.1) is 0 Å². The van der Waals surface area contributed by atoms with E-state index in [1.807, 2.05) is 0 Å². The van der Waals surface area contributed by atoms with Crippen molar-refractivity contribution in [2.45, 2.75) is 11.4 Å². The van der Waals surface area contributed by atoms with E-state index in [-0.39, 0.29) is 4.90 Å². The van der Waals surface area contributed by atoms with Gasteiger partial charge in [0.15, 0.2) is 0 Å². The number of carbonyl (C=O) groups is 1. The molecule has 0 fully saturated rings. The molecule has 0 aliphatic rings. The van der Waals surface area contributed by atoms with Gasteiger partial charge in [-0.25, -0.2) is 13.6 Å². The molecule has 0 spiro atoms. The predicted octanol–water partition coefficient (Wildman–Crippen LogP) is 1.87. The second-order valence-electron chi connectivity index (χ2n) is 4.21. The van der Waals surface area contributed by atoms with Crippen molar-refractivity contribution in [1.29, 1.82) is 0 Å². The maximum atomic E-state index is 11.2. The summed E-state index contributed by atoms with van der Waals surface area (Å²) in [4.78, 5) is 12.0. The molecule has 0 aliphatic heterocycles. The number of sulfonamides is 1. The SMILES string of the molecule is NC(=O)c1csc(CNc2ccc(S(N)(=O)=O)cc2Br)c1. The van der Waals surface area contributed by atoms with Crippen molar-refractivity contribution in [1.82, 2.24) is 0 Å². The minimum Gasteiger partial charge on any atom is -0.379 e. The van der Waals surface area contributed by atoms with E-state index in [0.717, 1.165) is 10.6 Å². The van der Waals surface area contributed by atoms with E-state index in [1.165, 1.54) is 23.5 Å². The van der Waals surface area contributed by atoms with Gasteiger partial charge in [0.2, 0.25) is 15.9 Å². The van der Waals surface area contributed by atoms with Crippen LogP contribution in [0.15, 0.2) is 39.0 Å². The van der Waals surface area contributed by atoms with Crippen molar-refractivity contribution in [2.75, 3.05) is 5.32 Å². The lowest BCUT2D eigenvalue weighted by molar-refractivity contribution is 0.100. The fourth-order valence-electron chi connectivity index (χ4n) is 1.60. The molecule has 0 unspecified atom stereocenters. The summed E-state index contributed by atoms with van der Waals surface area (Å²) in [5, 5.41) is 9.89. The van der Waals surface area contributed by atoms with E-state index < -0.39 is 15.9 Å². The number of benzene rings is 1. The number of nitrogens with one attached hydrogen (secondary N) is 1. The van der Waals surface area contributed by atoms with E-state index >= 15 is 0 Å². The third-order valence-electron chi connectivity index (χ3n) is 2.66. The van der Waals surface area contributed by atoms with E-state index in [1.54, 1.807) is 17.5 Å². The van der Waals surface area contributed by atoms with E-state index in [2.05, 4.69) is 21.2 Å². The molecule has 0 atom stereocenters. The Hall–Kier alpha value is -1.42. The molecule has 0 aliphatic carbocycles. The predicted molar refractivity (Wildman–Crippen MR) is 85.7 cm³/mol. The molecule has 21 heavy (non-hydrogen) atoms. The fourth-order valence-corrected chi connectivity index (χ4v) is 3.62. The molecule has 6 nitrogen and oxygen atoms in total. The summed E-state index contributed by atoms with van der Waals surface area (Å²) in [6.45, 7) is 0.491. The van der Waals surface area contributed by atoms with Gasteiger partial charge in [0, 0.05) is 27.0 Å². The van der Waals surface area contributed by atoms with Crippen LogP contribution in [-0.2, 0) is 16.6 Å². The lowest BCUT2D eigenvalue weighted by Gasteiger charge is -2.08. The van der Waals surface area contributed by atoms with Crippen molar-refractivity contribution in [3.63, 3.8) is 0 Å². The lowest BCUT2D eigenvalue weighted by Crippen LogP contribution is -2.12. The smallest absolute Gasteiger partial charge is 0.249 e. The average Bonchev–Trinajstić information content (AvgIpc) is 2.85. The van der Waals surface area contributed by atoms with Crippen molar-refractivity contribution in [2.24, 2.45) is 10.9 Å². The molecule has 0 saturated carbocycles. The minimum absolute atomic E-state index is 0.0343. The van der Waals surface area contributed by atoms with Crippen LogP contribution in [0.5, 0.6) is 0 Å². The van der Waals surface area contributed by atoms with Gasteiger partial charge in [0.05, 0.1) is 10.5 Å². The highest BCUT2D eigenvalue weighted by molar-refractivity contribution is 9.10. The van der Waals surface area contributed by atoms with Crippen molar-refractivity contribution in [3.05, 3.63) is 44.6 Å². The Morgan fingerprint density at radius 3 is 2.57 bits per heavy atom. The van der Waals surface area contributed by atoms with Gasteiger partial charge in [0.25, 0.3) is 0 Å². The first-order valence-corrected chi connectivity index (χ1v) is 8.92. The highest BCUT2D eigenvalue weighted by atomic mass is 79.9. The summed E-state index contributed by atoms with van der Waals surface area (Å²) in [6.07, 6.45) is 0. The van der Waals surface area contributed by atoms with Crippen LogP contribution in [0.4, 0.5) is 5.69 Å². The molecule has 9 heteroatoms. The fraction of sp³-hybridized carbons (Fsp3) is 0.0833. The Morgan fingerprint density at radius 2 is 2.05 bits per heavy atom. The van der Waals surface area contributed by atoms with Crippen LogP contribution in [0.2, 0.25) is 0 Å². The summed E-state index contributed by atoms with van der Waals surface area (Å²) in [5.74, 6) is -0.462. The Labute approximate surface area is 134 Å². The first-order chi connectivity index (χ1) is 9.77. The van der Waals surface area contributed by atoms with E-state index in [9.17, 15) is 13.2 Å². The molecule has 0 bridgehead atoms. The van der Waals surface area contributed by atoms with Crippen LogP contribution in [0.3, 0.4) is 0 Å². The number of halogens is 1. The van der Waals surface area contributed by atoms with Gasteiger partial charge in [-0.3, -0.25) is 4.79 Å². The van der Waals surface area contributed by atoms with Crippen LogP contribution in [-0.4, -0.2) is 14.3 Å². The van der Waals surface area contributed by atoms with E-state index in [4.69, 9.17) is 10.9 Å². The summed E-state index contributed by atoms with van der Waals surface area (Å²) in [7, 11) is -3.72. The topological polar surface area (TPSA) is 115 Å². The summed E-state index contributed by atoms with van der Waals surface area (Å²) >= 11 is 4.70. The molecule has 0 saturated heterocycles. The second kappa shape index (κ2) is 6.14. The van der Waals surface area contributed by atoms with Crippen molar-refractivity contribution in [3.8, 4) is 0 Å². The number of primary amides is 1. The zero-order valence-corrected chi connectivity index (χ0v) is 13.9. The number of hydrogen-bond acceptors (Lipinski definition) is 5. The van der Waals surface area contributed by atoms with Gasteiger partial charge in [-0.05, 0) is 40.2 Å². The molecule has 1 heterocycles. The molecule has 0 radical (unpaired) electrons. The number of anilines is 1. The number of hydrogen-bond donors (Lipinski definition) is 3. The highest BCUT2D eigenvalue weighted by Gasteiger charge is 2.10. The molecule has 1 aromatic carbocycles. The molecular weight excluding hydrogens is 378 g/mol. The minimum atomic E-state index is -3.72. The third-order valence-corrected chi connectivity index (χ3v) is 5.16. The van der Waals surface area contributed by atoms with Gasteiger partial charge in [-0.1, -0.05) is 0 Å². The van der Waals surface area contributed by atoms with Crippen molar-refractivity contribution < 1.29 is 13.2 Å². The Kier molecular flexibility index (Phi) is 4.67. The number of primary sulfonamides is 1. The molecule has 2 aromatic rings. The quantitative estimate of drug-likeness (QED) is 0.723. The van der Waals surface area contributed by atoms with Gasteiger partial charge >= 0.3 is 0 Å².